The number of thiophene rings is 1. The van der Waals surface area contributed by atoms with Crippen molar-refractivity contribution in [2.45, 2.75) is 19.4 Å². The Bertz CT molecular complexity index is 739. The maximum atomic E-state index is 11.4. The largest absolute Gasteiger partial charge is 0.367 e. The van der Waals surface area contributed by atoms with Gasteiger partial charge in [0.2, 0.25) is 16.0 Å². The van der Waals surface area contributed by atoms with Crippen LogP contribution in [0.4, 0.5) is 11.8 Å². The number of fused-ring (bicyclic) bond motifs is 1. The zero-order chi connectivity index (χ0) is 15.7. The van der Waals surface area contributed by atoms with Gasteiger partial charge in [0.05, 0.1) is 11.6 Å². The Morgan fingerprint density at radius 2 is 2.05 bits per heavy atom. The number of rotatable bonds is 6. The smallest absolute Gasteiger partial charge is 0.225 e. The summed E-state index contributed by atoms with van der Waals surface area (Å²) in [6.45, 7) is 4.03. The van der Waals surface area contributed by atoms with Crippen LogP contribution in [-0.2, 0) is 10.0 Å². The van der Waals surface area contributed by atoms with Gasteiger partial charge in [-0.05, 0) is 25.3 Å². The molecule has 0 unspecified atom stereocenters. The molecule has 0 bridgehead atoms. The molecule has 0 radical (unpaired) electrons. The molecule has 2 heterocycles. The number of aromatic nitrogens is 2. The lowest BCUT2D eigenvalue weighted by atomic mass is 10.1. The number of nitrogens with zero attached hydrogens (tertiary/aromatic N) is 2. The molecular weight excluding hydrogens is 310 g/mol. The summed E-state index contributed by atoms with van der Waals surface area (Å²) in [7, 11) is -1.51. The molecule has 116 valence electrons. The summed E-state index contributed by atoms with van der Waals surface area (Å²) in [6.07, 6.45) is 1.15. The third-order valence-corrected chi connectivity index (χ3v) is 4.44. The summed E-state index contributed by atoms with van der Waals surface area (Å²) in [4.78, 5) is 9.63. The molecule has 0 aliphatic heterocycles. The first kappa shape index (κ1) is 15.9. The zero-order valence-electron chi connectivity index (χ0n) is 12.4. The normalized spacial score (nSPS) is 12.6. The van der Waals surface area contributed by atoms with Gasteiger partial charge in [-0.2, -0.15) is 4.98 Å². The third kappa shape index (κ3) is 4.26. The summed E-state index contributed by atoms with van der Waals surface area (Å²) in [6, 6.07) is 1.94. The first-order valence-corrected chi connectivity index (χ1v) is 9.13. The minimum Gasteiger partial charge on any atom is -0.367 e. The lowest BCUT2D eigenvalue weighted by Gasteiger charge is -2.25. The van der Waals surface area contributed by atoms with E-state index in [1.807, 2.05) is 25.3 Å². The van der Waals surface area contributed by atoms with Crippen LogP contribution < -0.4 is 15.4 Å². The van der Waals surface area contributed by atoms with Gasteiger partial charge >= 0.3 is 0 Å². The maximum absolute atomic E-state index is 11.4. The van der Waals surface area contributed by atoms with Gasteiger partial charge < -0.3 is 10.6 Å². The molecule has 7 nitrogen and oxygen atoms in total. The molecule has 21 heavy (non-hydrogen) atoms. The molecule has 2 aromatic rings. The van der Waals surface area contributed by atoms with E-state index in [0.717, 1.165) is 16.5 Å². The van der Waals surface area contributed by atoms with Crippen molar-refractivity contribution in [3.05, 3.63) is 11.4 Å². The monoisotopic (exact) mass is 329 g/mol. The highest BCUT2D eigenvalue weighted by atomic mass is 32.2. The summed E-state index contributed by atoms with van der Waals surface area (Å²) in [5, 5.41) is 8.99. The van der Waals surface area contributed by atoms with E-state index in [0.29, 0.717) is 18.3 Å². The van der Waals surface area contributed by atoms with E-state index >= 15 is 0 Å². The molecule has 0 spiro atoms. The standard InChI is InChI=1S/C12H19N5O2S2/c1-12(2,17-21(4,18)19)7-14-9-8-5-6-20-10(8)16-11(13-3)15-9/h5-6,17H,7H2,1-4H3,(H2,13,14,15,16). The second kappa shape index (κ2) is 5.74. The highest BCUT2D eigenvalue weighted by Gasteiger charge is 2.22. The van der Waals surface area contributed by atoms with Gasteiger partial charge in [-0.25, -0.2) is 18.1 Å². The highest BCUT2D eigenvalue weighted by molar-refractivity contribution is 7.88. The third-order valence-electron chi connectivity index (χ3n) is 2.71. The summed E-state index contributed by atoms with van der Waals surface area (Å²) < 4.78 is 25.3. The summed E-state index contributed by atoms with van der Waals surface area (Å²) in [5.74, 6) is 1.22. The van der Waals surface area contributed by atoms with E-state index in [-0.39, 0.29) is 0 Å². The molecule has 0 saturated carbocycles. The van der Waals surface area contributed by atoms with Crippen LogP contribution in [0, 0.1) is 0 Å². The van der Waals surface area contributed by atoms with Crippen LogP contribution in [0.5, 0.6) is 0 Å². The van der Waals surface area contributed by atoms with Crippen molar-refractivity contribution >= 4 is 43.3 Å². The fraction of sp³-hybridized carbons (Fsp3) is 0.500. The molecule has 2 aromatic heterocycles. The molecule has 0 aliphatic carbocycles. The number of sulfonamides is 1. The molecule has 0 atom stereocenters. The number of hydrogen-bond acceptors (Lipinski definition) is 7. The molecule has 0 saturated heterocycles. The highest BCUT2D eigenvalue weighted by Crippen LogP contribution is 2.26. The topological polar surface area (TPSA) is 96.0 Å². The molecule has 0 fully saturated rings. The first-order valence-electron chi connectivity index (χ1n) is 6.36. The van der Waals surface area contributed by atoms with Crippen LogP contribution in [0.15, 0.2) is 11.4 Å². The van der Waals surface area contributed by atoms with Crippen molar-refractivity contribution in [2.24, 2.45) is 0 Å². The van der Waals surface area contributed by atoms with Crippen molar-refractivity contribution in [1.29, 1.82) is 0 Å². The van der Waals surface area contributed by atoms with Crippen molar-refractivity contribution in [3.8, 4) is 0 Å². The van der Waals surface area contributed by atoms with Gasteiger partial charge in [0.15, 0.2) is 0 Å². The van der Waals surface area contributed by atoms with Crippen LogP contribution in [0.2, 0.25) is 0 Å². The Morgan fingerprint density at radius 3 is 2.67 bits per heavy atom. The fourth-order valence-corrected chi connectivity index (χ4v) is 3.78. The molecule has 9 heteroatoms. The van der Waals surface area contributed by atoms with Gasteiger partial charge in [0.25, 0.3) is 0 Å². The molecule has 0 aromatic carbocycles. The summed E-state index contributed by atoms with van der Waals surface area (Å²) in [5.41, 5.74) is -0.624. The number of anilines is 2. The zero-order valence-corrected chi connectivity index (χ0v) is 14.0. The van der Waals surface area contributed by atoms with Gasteiger partial charge in [0, 0.05) is 19.1 Å². The fourth-order valence-electron chi connectivity index (χ4n) is 1.94. The Labute approximate surface area is 128 Å². The van der Waals surface area contributed by atoms with Gasteiger partial charge in [-0.1, -0.05) is 0 Å². The van der Waals surface area contributed by atoms with E-state index in [1.165, 1.54) is 11.3 Å². The first-order chi connectivity index (χ1) is 9.70. The number of hydrogen-bond donors (Lipinski definition) is 3. The van der Waals surface area contributed by atoms with E-state index in [2.05, 4.69) is 25.3 Å². The average Bonchev–Trinajstić information content (AvgIpc) is 2.80. The van der Waals surface area contributed by atoms with Gasteiger partial charge in [-0.3, -0.25) is 0 Å². The second-order valence-electron chi connectivity index (χ2n) is 5.40. The Balaban J connectivity index is 2.21. The Morgan fingerprint density at radius 1 is 1.33 bits per heavy atom. The van der Waals surface area contributed by atoms with Crippen molar-refractivity contribution in [3.63, 3.8) is 0 Å². The quantitative estimate of drug-likeness (QED) is 0.743. The van der Waals surface area contributed by atoms with Crippen molar-refractivity contribution < 1.29 is 8.42 Å². The van der Waals surface area contributed by atoms with E-state index < -0.39 is 15.6 Å². The lowest BCUT2D eigenvalue weighted by molar-refractivity contribution is 0.476. The lowest BCUT2D eigenvalue weighted by Crippen LogP contribution is -2.47. The second-order valence-corrected chi connectivity index (χ2v) is 8.04. The molecule has 2 rings (SSSR count). The van der Waals surface area contributed by atoms with E-state index in [1.54, 1.807) is 7.05 Å². The van der Waals surface area contributed by atoms with Crippen LogP contribution >= 0.6 is 11.3 Å². The predicted molar refractivity (Wildman–Crippen MR) is 87.5 cm³/mol. The minimum absolute atomic E-state index is 0.408. The average molecular weight is 329 g/mol. The van der Waals surface area contributed by atoms with Crippen molar-refractivity contribution in [2.75, 3.05) is 30.5 Å². The number of nitrogens with one attached hydrogen (secondary N) is 3. The van der Waals surface area contributed by atoms with E-state index in [9.17, 15) is 8.42 Å². The van der Waals surface area contributed by atoms with Gasteiger partial charge in [-0.15, -0.1) is 11.3 Å². The molecule has 3 N–H and O–H groups in total. The summed E-state index contributed by atoms with van der Waals surface area (Å²) >= 11 is 1.53. The molecule has 0 aliphatic rings. The Kier molecular flexibility index (Phi) is 4.35. The predicted octanol–water partition coefficient (Wildman–Crippen LogP) is 1.47. The Hall–Kier alpha value is -1.45. The van der Waals surface area contributed by atoms with Crippen LogP contribution in [0.25, 0.3) is 10.2 Å². The van der Waals surface area contributed by atoms with Gasteiger partial charge in [0.1, 0.15) is 10.6 Å². The van der Waals surface area contributed by atoms with Crippen molar-refractivity contribution in [1.82, 2.24) is 14.7 Å². The maximum Gasteiger partial charge on any atom is 0.225 e. The van der Waals surface area contributed by atoms with Crippen LogP contribution in [0.1, 0.15) is 13.8 Å². The molecular formula is C12H19N5O2S2. The van der Waals surface area contributed by atoms with E-state index in [4.69, 9.17) is 0 Å². The minimum atomic E-state index is -3.26. The SMILES string of the molecule is CNc1nc(NCC(C)(C)NS(C)(=O)=O)c2ccsc2n1. The van der Waals surface area contributed by atoms with Crippen LogP contribution in [0.3, 0.4) is 0 Å². The molecule has 0 amide bonds. The van der Waals surface area contributed by atoms with Crippen LogP contribution in [-0.4, -0.2) is 43.8 Å².